The Morgan fingerprint density at radius 2 is 1.79 bits per heavy atom. The highest BCUT2D eigenvalue weighted by molar-refractivity contribution is 5.82. The van der Waals surface area contributed by atoms with Crippen LogP contribution in [0.2, 0.25) is 0 Å². The Hall–Kier alpha value is -1.91. The second-order valence-corrected chi connectivity index (χ2v) is 9.65. The molecular formula is C24H35N3O. The molecule has 1 saturated heterocycles. The summed E-state index contributed by atoms with van der Waals surface area (Å²) in [4.78, 5) is 12.7. The van der Waals surface area contributed by atoms with Gasteiger partial charge in [-0.05, 0) is 76.5 Å². The summed E-state index contributed by atoms with van der Waals surface area (Å²) in [5.41, 5.74) is 9.82. The van der Waals surface area contributed by atoms with Gasteiger partial charge in [0.15, 0.2) is 0 Å². The lowest BCUT2D eigenvalue weighted by Gasteiger charge is -2.46. The molecule has 1 aliphatic heterocycles. The van der Waals surface area contributed by atoms with Crippen LogP contribution in [-0.4, -0.2) is 29.1 Å². The summed E-state index contributed by atoms with van der Waals surface area (Å²) in [7, 11) is 0. The molecule has 0 bridgehead atoms. The second kappa shape index (κ2) is 8.22. The van der Waals surface area contributed by atoms with Crippen molar-refractivity contribution in [1.82, 2.24) is 10.6 Å². The maximum atomic E-state index is 12.7. The van der Waals surface area contributed by atoms with Crippen LogP contribution in [0.4, 0.5) is 0 Å². The quantitative estimate of drug-likeness (QED) is 0.728. The van der Waals surface area contributed by atoms with Crippen molar-refractivity contribution in [2.45, 2.75) is 83.0 Å². The normalized spacial score (nSPS) is 22.4. The van der Waals surface area contributed by atoms with E-state index >= 15 is 0 Å². The predicted octanol–water partition coefficient (Wildman–Crippen LogP) is 3.72. The molecule has 1 amide bonds. The van der Waals surface area contributed by atoms with E-state index in [0.717, 1.165) is 31.2 Å². The third-order valence-electron chi connectivity index (χ3n) is 5.61. The molecule has 1 fully saturated rings. The van der Waals surface area contributed by atoms with Crippen LogP contribution in [0.25, 0.3) is 5.57 Å². The topological polar surface area (TPSA) is 67.2 Å². The van der Waals surface area contributed by atoms with Crippen LogP contribution in [0, 0.1) is 0 Å². The molecule has 2 aliphatic rings. The van der Waals surface area contributed by atoms with Crippen molar-refractivity contribution < 1.29 is 4.79 Å². The predicted molar refractivity (Wildman–Crippen MR) is 117 cm³/mol. The molecule has 0 radical (unpaired) electrons. The van der Waals surface area contributed by atoms with Crippen LogP contribution < -0.4 is 16.4 Å². The number of carbonyl (C=O) groups excluding carboxylic acids is 1. The van der Waals surface area contributed by atoms with Crippen molar-refractivity contribution >= 4 is 11.5 Å². The monoisotopic (exact) mass is 381 g/mol. The van der Waals surface area contributed by atoms with Gasteiger partial charge in [-0.25, -0.2) is 0 Å². The van der Waals surface area contributed by atoms with E-state index in [-0.39, 0.29) is 23.0 Å². The molecule has 1 aromatic rings. The molecule has 3 rings (SSSR count). The van der Waals surface area contributed by atoms with Crippen molar-refractivity contribution in [1.29, 1.82) is 0 Å². The van der Waals surface area contributed by atoms with Gasteiger partial charge in [0, 0.05) is 17.1 Å². The zero-order valence-electron chi connectivity index (χ0n) is 17.7. The molecule has 0 spiro atoms. The molecule has 0 saturated carbocycles. The molecule has 4 N–H and O–H groups in total. The van der Waals surface area contributed by atoms with E-state index in [4.69, 9.17) is 5.73 Å². The number of nitrogens with two attached hydrogens (primary N) is 1. The molecule has 4 nitrogen and oxygen atoms in total. The Bertz CT molecular complexity index is 743. The van der Waals surface area contributed by atoms with Gasteiger partial charge in [-0.2, -0.15) is 0 Å². The number of hydrogen-bond acceptors (Lipinski definition) is 3. The van der Waals surface area contributed by atoms with Crippen molar-refractivity contribution in [3.05, 3.63) is 53.6 Å². The Kier molecular flexibility index (Phi) is 6.11. The van der Waals surface area contributed by atoms with E-state index in [1.165, 1.54) is 11.1 Å². The standard InChI is InChI=1S/C24H35N3O/c1-23(2)15-20(16-24(3,4)27-23)26-22(28)21(25)14-17-10-12-19(13-11-17)18-8-6-5-7-9-18/h6,8-13,20-21,27H,5,7,14-16,25H2,1-4H3,(H,26,28). The maximum Gasteiger partial charge on any atom is 0.237 e. The van der Waals surface area contributed by atoms with E-state index in [9.17, 15) is 4.79 Å². The van der Waals surface area contributed by atoms with Gasteiger partial charge in [0.2, 0.25) is 5.91 Å². The number of amides is 1. The molecule has 1 atom stereocenters. The van der Waals surface area contributed by atoms with Gasteiger partial charge in [-0.3, -0.25) is 4.79 Å². The summed E-state index contributed by atoms with van der Waals surface area (Å²) < 4.78 is 0. The average molecular weight is 382 g/mol. The highest BCUT2D eigenvalue weighted by Gasteiger charge is 2.38. The highest BCUT2D eigenvalue weighted by atomic mass is 16.2. The zero-order chi connectivity index (χ0) is 20.4. The molecule has 28 heavy (non-hydrogen) atoms. The Morgan fingerprint density at radius 3 is 2.36 bits per heavy atom. The second-order valence-electron chi connectivity index (χ2n) is 9.65. The maximum absolute atomic E-state index is 12.7. The molecule has 1 unspecified atom stereocenters. The third kappa shape index (κ3) is 5.55. The Balaban J connectivity index is 1.57. The fraction of sp³-hybridized carbons (Fsp3) is 0.542. The zero-order valence-corrected chi connectivity index (χ0v) is 17.7. The van der Waals surface area contributed by atoms with Crippen molar-refractivity contribution in [3.63, 3.8) is 0 Å². The summed E-state index contributed by atoms with van der Waals surface area (Å²) in [5, 5.41) is 6.84. The average Bonchev–Trinajstić information content (AvgIpc) is 2.60. The Morgan fingerprint density at radius 1 is 1.14 bits per heavy atom. The first-order chi connectivity index (χ1) is 13.1. The smallest absolute Gasteiger partial charge is 0.237 e. The van der Waals surface area contributed by atoms with Gasteiger partial charge in [0.1, 0.15) is 0 Å². The summed E-state index contributed by atoms with van der Waals surface area (Å²) >= 11 is 0. The number of piperidine rings is 1. The number of hydrogen-bond donors (Lipinski definition) is 3. The largest absolute Gasteiger partial charge is 0.352 e. The van der Waals surface area contributed by atoms with Crippen LogP contribution in [0.5, 0.6) is 0 Å². The van der Waals surface area contributed by atoms with Gasteiger partial charge in [-0.15, -0.1) is 0 Å². The van der Waals surface area contributed by atoms with E-state index in [1.807, 2.05) is 0 Å². The van der Waals surface area contributed by atoms with Crippen molar-refractivity contribution in [3.8, 4) is 0 Å². The first-order valence-electron chi connectivity index (χ1n) is 10.4. The summed E-state index contributed by atoms with van der Waals surface area (Å²) in [5.74, 6) is -0.0551. The molecule has 1 heterocycles. The minimum Gasteiger partial charge on any atom is -0.352 e. The Labute approximate surface area is 169 Å². The van der Waals surface area contributed by atoms with Crippen molar-refractivity contribution in [2.24, 2.45) is 5.73 Å². The van der Waals surface area contributed by atoms with Gasteiger partial charge in [-0.1, -0.05) is 42.5 Å². The van der Waals surface area contributed by atoms with E-state index < -0.39 is 6.04 Å². The molecule has 152 valence electrons. The highest BCUT2D eigenvalue weighted by Crippen LogP contribution is 2.28. The first-order valence-corrected chi connectivity index (χ1v) is 10.4. The molecular weight excluding hydrogens is 346 g/mol. The van der Waals surface area contributed by atoms with Gasteiger partial charge < -0.3 is 16.4 Å². The number of rotatable bonds is 5. The minimum atomic E-state index is -0.527. The summed E-state index contributed by atoms with van der Waals surface area (Å²) in [6.07, 6.45) is 11.3. The lowest BCUT2D eigenvalue weighted by atomic mass is 9.79. The van der Waals surface area contributed by atoms with E-state index in [2.05, 4.69) is 80.8 Å². The molecule has 1 aliphatic carbocycles. The van der Waals surface area contributed by atoms with Gasteiger partial charge in [0.05, 0.1) is 6.04 Å². The fourth-order valence-corrected chi connectivity index (χ4v) is 4.74. The molecule has 0 aromatic heterocycles. The lowest BCUT2D eigenvalue weighted by Crippen LogP contribution is -2.63. The fourth-order valence-electron chi connectivity index (χ4n) is 4.74. The molecule has 4 heteroatoms. The number of allylic oxidation sites excluding steroid dienone is 4. The van der Waals surface area contributed by atoms with Crippen LogP contribution in [0.3, 0.4) is 0 Å². The van der Waals surface area contributed by atoms with Crippen LogP contribution in [0.1, 0.15) is 64.5 Å². The van der Waals surface area contributed by atoms with E-state index in [0.29, 0.717) is 6.42 Å². The lowest BCUT2D eigenvalue weighted by molar-refractivity contribution is -0.123. The van der Waals surface area contributed by atoms with Crippen LogP contribution in [-0.2, 0) is 11.2 Å². The third-order valence-corrected chi connectivity index (χ3v) is 5.61. The summed E-state index contributed by atoms with van der Waals surface area (Å²) in [6.45, 7) is 8.74. The number of nitrogens with one attached hydrogen (secondary N) is 2. The first kappa shape index (κ1) is 20.8. The molecule has 1 aromatic carbocycles. The van der Waals surface area contributed by atoms with Crippen LogP contribution >= 0.6 is 0 Å². The van der Waals surface area contributed by atoms with Gasteiger partial charge in [0.25, 0.3) is 0 Å². The summed E-state index contributed by atoms with van der Waals surface area (Å²) in [6, 6.07) is 8.04. The number of carbonyl (C=O) groups is 1. The SMILES string of the molecule is CC1(C)CC(NC(=O)C(N)Cc2ccc(C3=CCCC=C3)cc2)CC(C)(C)N1. The van der Waals surface area contributed by atoms with Crippen LogP contribution in [0.15, 0.2) is 42.5 Å². The number of benzene rings is 1. The minimum absolute atomic E-state index is 0.00186. The van der Waals surface area contributed by atoms with Gasteiger partial charge >= 0.3 is 0 Å². The van der Waals surface area contributed by atoms with Crippen molar-refractivity contribution in [2.75, 3.05) is 0 Å². The van der Waals surface area contributed by atoms with E-state index in [1.54, 1.807) is 0 Å².